The van der Waals surface area contributed by atoms with Gasteiger partial charge in [-0.1, -0.05) is 86.5 Å². The summed E-state index contributed by atoms with van der Waals surface area (Å²) in [5.74, 6) is -2.65. The lowest BCUT2D eigenvalue weighted by atomic mass is 9.71. The molecule has 0 spiro atoms. The minimum Gasteiger partial charge on any atom is -0.508 e. The van der Waals surface area contributed by atoms with E-state index in [1.165, 1.54) is 24.3 Å². The maximum absolute atomic E-state index is 13.9. The van der Waals surface area contributed by atoms with E-state index in [0.29, 0.717) is 49.9 Å². The third kappa shape index (κ3) is 14.9. The molecule has 2 aliphatic heterocycles. The summed E-state index contributed by atoms with van der Waals surface area (Å²) in [7, 11) is -8.69. The van der Waals surface area contributed by atoms with Gasteiger partial charge in [-0.2, -0.15) is 16.8 Å². The van der Waals surface area contributed by atoms with Gasteiger partial charge in [-0.15, -0.1) is 0 Å². The first kappa shape index (κ1) is 58.9. The number of rotatable bonds is 24. The molecule has 1 saturated carbocycles. The Bertz CT molecular complexity index is 2840. The molecule has 2 N–H and O–H groups in total. The number of nitrogens with zero attached hydrogens (tertiary/aromatic N) is 2. The first-order valence-corrected chi connectivity index (χ1v) is 29.3. The predicted octanol–water partition coefficient (Wildman–Crippen LogP) is 10.4. The van der Waals surface area contributed by atoms with E-state index >= 15 is 0 Å². The molecule has 78 heavy (non-hydrogen) atoms. The number of cyclic esters (lactones) is 2. The number of phenolic OH excluding ortho intramolecular Hbond substituents is 2. The first-order valence-electron chi connectivity index (χ1n) is 26.5. The Balaban J connectivity index is 0.941. The highest BCUT2D eigenvalue weighted by Crippen LogP contribution is 2.45. The van der Waals surface area contributed by atoms with Gasteiger partial charge in [0.1, 0.15) is 21.3 Å². The fourth-order valence-electron chi connectivity index (χ4n) is 10.6. The molecular weight excluding hydrogens is 1040 g/mol. The second-order valence-electron chi connectivity index (χ2n) is 21.3. The number of aromatic hydroxyl groups is 2. The number of carbonyl (C=O) groups is 4. The molecular formula is C58H70N2O16S2. The van der Waals surface area contributed by atoms with Gasteiger partial charge in [0, 0.05) is 12.8 Å². The van der Waals surface area contributed by atoms with Crippen LogP contribution in [0.4, 0.5) is 0 Å². The fourth-order valence-corrected chi connectivity index (χ4v) is 12.1. The van der Waals surface area contributed by atoms with Crippen molar-refractivity contribution < 1.29 is 73.7 Å². The zero-order valence-corrected chi connectivity index (χ0v) is 46.6. The molecule has 4 aromatic carbocycles. The average Bonchev–Trinajstić information content (AvgIpc) is 4.05. The van der Waals surface area contributed by atoms with Crippen molar-refractivity contribution in [2.45, 2.75) is 164 Å². The second kappa shape index (κ2) is 25.3. The van der Waals surface area contributed by atoms with E-state index in [0.717, 1.165) is 22.3 Å². The van der Waals surface area contributed by atoms with Crippen molar-refractivity contribution in [2.75, 3.05) is 13.2 Å². The van der Waals surface area contributed by atoms with E-state index in [1.807, 2.05) is 41.5 Å². The first-order chi connectivity index (χ1) is 37.0. The van der Waals surface area contributed by atoms with E-state index < -0.39 is 67.2 Å². The number of ether oxygens (including phenoxy) is 4. The number of carbonyl (C=O) groups excluding carboxylic acids is 4. The van der Waals surface area contributed by atoms with Crippen LogP contribution in [-0.2, 0) is 66.9 Å². The summed E-state index contributed by atoms with van der Waals surface area (Å²) in [5, 5.41) is 27.6. The van der Waals surface area contributed by atoms with Crippen molar-refractivity contribution in [1.29, 1.82) is 0 Å². The highest BCUT2D eigenvalue weighted by molar-refractivity contribution is 7.87. The second-order valence-corrected chi connectivity index (χ2v) is 24.4. The number of esters is 4. The Morgan fingerprint density at radius 2 is 0.872 bits per heavy atom. The highest BCUT2D eigenvalue weighted by Gasteiger charge is 2.44. The van der Waals surface area contributed by atoms with Gasteiger partial charge in [0.05, 0.1) is 35.5 Å². The van der Waals surface area contributed by atoms with Gasteiger partial charge in [0.25, 0.3) is 0 Å². The van der Waals surface area contributed by atoms with E-state index in [9.17, 15) is 46.2 Å². The van der Waals surface area contributed by atoms with E-state index in [1.54, 1.807) is 72.8 Å². The van der Waals surface area contributed by atoms with Crippen molar-refractivity contribution in [3.8, 4) is 11.5 Å². The van der Waals surface area contributed by atoms with Crippen molar-refractivity contribution in [3.05, 3.63) is 119 Å². The van der Waals surface area contributed by atoms with Crippen LogP contribution in [-0.4, -0.2) is 87.8 Å². The van der Waals surface area contributed by atoms with Crippen LogP contribution in [0.25, 0.3) is 0 Å². The summed E-state index contributed by atoms with van der Waals surface area (Å²) >= 11 is 0. The van der Waals surface area contributed by atoms with Gasteiger partial charge in [0.15, 0.2) is 0 Å². The quantitative estimate of drug-likeness (QED) is 0.0376. The van der Waals surface area contributed by atoms with Gasteiger partial charge in [0.2, 0.25) is 12.2 Å². The standard InChI is InChI=1S/C58H70N2O16S2/c1-7-39(35-57(5,55(65)73-51-29-31-71-53(51)63)33-37(3)41-9-21-47(61)22-10-41)43-13-25-49(26-14-43)77(67,68)75-59-45-17-19-46(20-18-45)60-76-78(69,70)50-27-15-44(16-28-50)40(8-2)36-58(6,56(66)74-52-30-32-72-54(52)64)34-38(4)42-11-23-48(62)24-12-42/h9-16,21-28,37-40,51-52,61-62H,7-8,17-20,29-36H2,1-6H3. The average molecular weight is 1120 g/mol. The third-order valence-corrected chi connectivity index (χ3v) is 17.5. The predicted molar refractivity (Wildman–Crippen MR) is 287 cm³/mol. The molecule has 1 aliphatic carbocycles. The number of benzene rings is 4. The molecule has 3 fully saturated rings. The Kier molecular flexibility index (Phi) is 19.1. The molecule has 4 aromatic rings. The van der Waals surface area contributed by atoms with Gasteiger partial charge < -0.3 is 29.2 Å². The van der Waals surface area contributed by atoms with Gasteiger partial charge in [-0.3, -0.25) is 18.2 Å². The molecule has 420 valence electrons. The largest absolute Gasteiger partial charge is 0.508 e. The maximum atomic E-state index is 13.9. The molecule has 18 nitrogen and oxygen atoms in total. The Morgan fingerprint density at radius 1 is 0.551 bits per heavy atom. The van der Waals surface area contributed by atoms with Crippen LogP contribution in [0.1, 0.15) is 165 Å². The number of oxime groups is 2. The number of hydrogen-bond acceptors (Lipinski definition) is 18. The maximum Gasteiger partial charge on any atom is 0.358 e. The van der Waals surface area contributed by atoms with Gasteiger partial charge in [-0.05, 0) is 173 Å². The van der Waals surface area contributed by atoms with Crippen molar-refractivity contribution in [2.24, 2.45) is 21.1 Å². The molecule has 0 amide bonds. The molecule has 0 aromatic heterocycles. The van der Waals surface area contributed by atoms with Crippen LogP contribution in [0, 0.1) is 10.8 Å². The Labute approximate surface area is 456 Å². The van der Waals surface area contributed by atoms with E-state index in [4.69, 9.17) is 27.5 Å². The van der Waals surface area contributed by atoms with Crippen molar-refractivity contribution in [1.82, 2.24) is 0 Å². The van der Waals surface area contributed by atoms with Crippen molar-refractivity contribution in [3.63, 3.8) is 0 Å². The lowest BCUT2D eigenvalue weighted by Crippen LogP contribution is -2.37. The van der Waals surface area contributed by atoms with Gasteiger partial charge in [-0.25, -0.2) is 9.59 Å². The highest BCUT2D eigenvalue weighted by atomic mass is 32.2. The lowest BCUT2D eigenvalue weighted by Gasteiger charge is -2.34. The Hall–Kier alpha value is -6.80. The fraction of sp³-hybridized carbons (Fsp3) is 0.483. The summed E-state index contributed by atoms with van der Waals surface area (Å²) in [6, 6.07) is 25.9. The van der Waals surface area contributed by atoms with Gasteiger partial charge >= 0.3 is 44.1 Å². The smallest absolute Gasteiger partial charge is 0.358 e. The molecule has 7 rings (SSSR count). The molecule has 0 bridgehead atoms. The minimum absolute atomic E-state index is 0.121. The molecule has 0 radical (unpaired) electrons. The lowest BCUT2D eigenvalue weighted by molar-refractivity contribution is -0.169. The van der Waals surface area contributed by atoms with Crippen LogP contribution in [0.3, 0.4) is 0 Å². The monoisotopic (exact) mass is 1110 g/mol. The van der Waals surface area contributed by atoms with Crippen LogP contribution in [0.5, 0.6) is 11.5 Å². The van der Waals surface area contributed by atoms with Crippen LogP contribution in [0.2, 0.25) is 0 Å². The number of hydrogen-bond donors (Lipinski definition) is 2. The van der Waals surface area contributed by atoms with Crippen LogP contribution in [0.15, 0.2) is 117 Å². The summed E-state index contributed by atoms with van der Waals surface area (Å²) in [6.45, 7) is 11.9. The van der Waals surface area contributed by atoms with E-state index in [2.05, 4.69) is 10.3 Å². The molecule has 2 saturated heterocycles. The van der Waals surface area contributed by atoms with Crippen molar-refractivity contribution >= 4 is 55.5 Å². The molecule has 8 unspecified atom stereocenters. The van der Waals surface area contributed by atoms with Crippen LogP contribution >= 0.6 is 0 Å². The summed E-state index contributed by atoms with van der Waals surface area (Å²) < 4.78 is 85.3. The molecule has 8 atom stereocenters. The zero-order chi connectivity index (χ0) is 56.4. The van der Waals surface area contributed by atoms with Crippen LogP contribution < -0.4 is 0 Å². The molecule has 20 heteroatoms. The topological polar surface area (TPSA) is 257 Å². The summed E-state index contributed by atoms with van der Waals surface area (Å²) in [6.07, 6.45) is 2.11. The Morgan fingerprint density at radius 3 is 1.17 bits per heavy atom. The third-order valence-electron chi connectivity index (χ3n) is 15.3. The normalized spacial score (nSPS) is 19.9. The summed E-state index contributed by atoms with van der Waals surface area (Å²) in [5.41, 5.74) is 2.12. The number of phenols is 2. The molecule has 2 heterocycles. The minimum atomic E-state index is -4.35. The SMILES string of the molecule is CCC(CC(C)(CC(C)c1ccc(O)cc1)C(=O)OC1CCOC1=O)c1ccc(S(=O)(=O)ON=C2CCC(=NOS(=O)(=O)c3ccc(C(CC)CC(C)(CC(C)c4ccc(O)cc4)C(=O)OC4CCOC4=O)cc3)CC2)cc1. The zero-order valence-electron chi connectivity index (χ0n) is 44.9. The summed E-state index contributed by atoms with van der Waals surface area (Å²) in [4.78, 5) is 52.1. The van der Waals surface area contributed by atoms with E-state index in [-0.39, 0.29) is 96.7 Å². The molecule has 3 aliphatic rings.